The van der Waals surface area contributed by atoms with E-state index in [1.54, 1.807) is 0 Å². The largest absolute Gasteiger partial charge is 0.469 e. The van der Waals surface area contributed by atoms with E-state index in [0.717, 1.165) is 19.3 Å². The molecule has 1 fully saturated rings. The summed E-state index contributed by atoms with van der Waals surface area (Å²) < 4.78 is 5.06. The maximum absolute atomic E-state index is 12.1. The number of ether oxygens (including phenoxy) is 1. The van der Waals surface area contributed by atoms with Gasteiger partial charge in [0.2, 0.25) is 0 Å². The average Bonchev–Trinajstić information content (AvgIpc) is 2.28. The lowest BCUT2D eigenvalue weighted by molar-refractivity contribution is -0.165. The van der Waals surface area contributed by atoms with Crippen LogP contribution in [0.4, 0.5) is 0 Å². The van der Waals surface area contributed by atoms with E-state index in [1.165, 1.54) is 13.5 Å². The third kappa shape index (κ3) is 2.23. The molecule has 0 saturated heterocycles. The fourth-order valence-corrected chi connectivity index (χ4v) is 4.00. The Morgan fingerprint density at radius 1 is 1.35 bits per heavy atom. The number of methoxy groups -OCH3 is 1. The summed E-state index contributed by atoms with van der Waals surface area (Å²) in [6.07, 6.45) is 4.40. The lowest BCUT2D eigenvalue weighted by Gasteiger charge is -2.52. The Labute approximate surface area is 106 Å². The molecule has 0 bridgehead atoms. The third-order valence-electron chi connectivity index (χ3n) is 5.36. The summed E-state index contributed by atoms with van der Waals surface area (Å²) in [6, 6.07) is 0. The maximum Gasteiger partial charge on any atom is 0.311 e. The van der Waals surface area contributed by atoms with Crippen LogP contribution in [0.1, 0.15) is 60.3 Å². The Kier molecular flexibility index (Phi) is 4.27. The second-order valence-electron chi connectivity index (χ2n) is 6.38. The molecule has 1 saturated carbocycles. The van der Waals surface area contributed by atoms with Crippen molar-refractivity contribution in [3.05, 3.63) is 0 Å². The number of carbonyl (C=O) groups is 1. The van der Waals surface area contributed by atoms with Crippen molar-refractivity contribution in [1.82, 2.24) is 0 Å². The van der Waals surface area contributed by atoms with Crippen LogP contribution in [-0.4, -0.2) is 13.1 Å². The van der Waals surface area contributed by atoms with Crippen LogP contribution in [0.5, 0.6) is 0 Å². The second kappa shape index (κ2) is 4.99. The first-order chi connectivity index (χ1) is 7.82. The topological polar surface area (TPSA) is 26.3 Å². The van der Waals surface area contributed by atoms with E-state index >= 15 is 0 Å². The molecule has 0 aromatic carbocycles. The normalized spacial score (nSPS) is 38.2. The van der Waals surface area contributed by atoms with Crippen LogP contribution >= 0.6 is 0 Å². The summed E-state index contributed by atoms with van der Waals surface area (Å²) in [4.78, 5) is 12.1. The van der Waals surface area contributed by atoms with Gasteiger partial charge in [-0.2, -0.15) is 0 Å². The van der Waals surface area contributed by atoms with Crippen molar-refractivity contribution < 1.29 is 9.53 Å². The summed E-state index contributed by atoms with van der Waals surface area (Å²) in [5, 5.41) is 0. The molecule has 0 radical (unpaired) electrons. The molecule has 2 nitrogen and oxygen atoms in total. The van der Waals surface area contributed by atoms with Gasteiger partial charge in [0, 0.05) is 0 Å². The Bertz CT molecular complexity index is 285. The highest BCUT2D eigenvalue weighted by atomic mass is 16.5. The van der Waals surface area contributed by atoms with Gasteiger partial charge in [0.25, 0.3) is 0 Å². The van der Waals surface area contributed by atoms with E-state index in [9.17, 15) is 4.79 Å². The monoisotopic (exact) mass is 240 g/mol. The number of esters is 1. The molecular weight excluding hydrogens is 212 g/mol. The van der Waals surface area contributed by atoms with Crippen molar-refractivity contribution >= 4 is 5.97 Å². The van der Waals surface area contributed by atoms with Crippen molar-refractivity contribution in [2.24, 2.45) is 22.7 Å². The molecule has 3 atom stereocenters. The van der Waals surface area contributed by atoms with E-state index in [1.807, 2.05) is 0 Å². The van der Waals surface area contributed by atoms with Crippen LogP contribution in [0, 0.1) is 22.7 Å². The zero-order chi connectivity index (χ0) is 13.3. The molecule has 1 aliphatic carbocycles. The van der Waals surface area contributed by atoms with Crippen molar-refractivity contribution in [3.8, 4) is 0 Å². The van der Waals surface area contributed by atoms with Gasteiger partial charge >= 0.3 is 5.97 Å². The van der Waals surface area contributed by atoms with E-state index in [2.05, 4.69) is 34.6 Å². The molecule has 0 aliphatic heterocycles. The Morgan fingerprint density at radius 3 is 2.35 bits per heavy atom. The van der Waals surface area contributed by atoms with Gasteiger partial charge in [-0.1, -0.05) is 40.5 Å². The number of rotatable bonds is 3. The van der Waals surface area contributed by atoms with Crippen LogP contribution < -0.4 is 0 Å². The van der Waals surface area contributed by atoms with Crippen LogP contribution in [0.15, 0.2) is 0 Å². The molecule has 0 spiro atoms. The molecule has 0 N–H and O–H groups in total. The number of hydrogen-bond acceptors (Lipinski definition) is 2. The third-order valence-corrected chi connectivity index (χ3v) is 5.36. The average molecular weight is 240 g/mol. The Balaban J connectivity index is 3.12. The fourth-order valence-electron chi connectivity index (χ4n) is 4.00. The molecule has 100 valence electrons. The summed E-state index contributed by atoms with van der Waals surface area (Å²) >= 11 is 0. The van der Waals surface area contributed by atoms with Crippen LogP contribution in [0.25, 0.3) is 0 Å². The van der Waals surface area contributed by atoms with Gasteiger partial charge in [-0.3, -0.25) is 4.79 Å². The lowest BCUT2D eigenvalue weighted by Crippen LogP contribution is -2.50. The van der Waals surface area contributed by atoms with Gasteiger partial charge < -0.3 is 4.74 Å². The molecule has 1 rings (SSSR count). The predicted octanol–water partition coefficient (Wildman–Crippen LogP) is 4.04. The SMILES string of the molecule is CCC1C(C)(C(=O)OC)CCCC1(C)C(C)C. The lowest BCUT2D eigenvalue weighted by atomic mass is 9.51. The van der Waals surface area contributed by atoms with E-state index in [-0.39, 0.29) is 16.8 Å². The van der Waals surface area contributed by atoms with Crippen LogP contribution in [0.3, 0.4) is 0 Å². The molecule has 2 heteroatoms. The fraction of sp³-hybridized carbons (Fsp3) is 0.933. The molecule has 17 heavy (non-hydrogen) atoms. The minimum absolute atomic E-state index is 0.0177. The van der Waals surface area contributed by atoms with E-state index in [0.29, 0.717) is 11.8 Å². The number of carbonyl (C=O) groups excluding carboxylic acids is 1. The zero-order valence-corrected chi connectivity index (χ0v) is 12.3. The van der Waals surface area contributed by atoms with Gasteiger partial charge in [-0.05, 0) is 37.0 Å². The quantitative estimate of drug-likeness (QED) is 0.696. The van der Waals surface area contributed by atoms with Gasteiger partial charge in [0.15, 0.2) is 0 Å². The molecule has 1 aliphatic rings. The predicted molar refractivity (Wildman–Crippen MR) is 70.7 cm³/mol. The van der Waals surface area contributed by atoms with Gasteiger partial charge in [0.1, 0.15) is 0 Å². The first kappa shape index (κ1) is 14.5. The minimum atomic E-state index is -0.291. The van der Waals surface area contributed by atoms with Crippen molar-refractivity contribution in [2.45, 2.75) is 60.3 Å². The summed E-state index contributed by atoms with van der Waals surface area (Å²) in [5.74, 6) is 1.02. The van der Waals surface area contributed by atoms with Crippen molar-refractivity contribution in [3.63, 3.8) is 0 Å². The Hall–Kier alpha value is -0.530. The van der Waals surface area contributed by atoms with Crippen LogP contribution in [0.2, 0.25) is 0 Å². The maximum atomic E-state index is 12.1. The second-order valence-corrected chi connectivity index (χ2v) is 6.38. The first-order valence-corrected chi connectivity index (χ1v) is 6.91. The summed E-state index contributed by atoms with van der Waals surface area (Å²) in [6.45, 7) is 11.2. The first-order valence-electron chi connectivity index (χ1n) is 6.91. The highest BCUT2D eigenvalue weighted by Gasteiger charge is 2.53. The van der Waals surface area contributed by atoms with Gasteiger partial charge in [-0.15, -0.1) is 0 Å². The number of hydrogen-bond donors (Lipinski definition) is 0. The summed E-state index contributed by atoms with van der Waals surface area (Å²) in [7, 11) is 1.52. The molecule has 3 unspecified atom stereocenters. The van der Waals surface area contributed by atoms with Crippen LogP contribution in [-0.2, 0) is 9.53 Å². The molecule has 0 aromatic heterocycles. The van der Waals surface area contributed by atoms with E-state index < -0.39 is 0 Å². The minimum Gasteiger partial charge on any atom is -0.469 e. The van der Waals surface area contributed by atoms with Crippen molar-refractivity contribution in [2.75, 3.05) is 7.11 Å². The van der Waals surface area contributed by atoms with Gasteiger partial charge in [-0.25, -0.2) is 0 Å². The zero-order valence-electron chi connectivity index (χ0n) is 12.3. The van der Waals surface area contributed by atoms with Crippen molar-refractivity contribution in [1.29, 1.82) is 0 Å². The standard InChI is InChI=1S/C15H28O2/c1-7-12-14(4,11(2)3)9-8-10-15(12,5)13(16)17-6/h11-12H,7-10H2,1-6H3. The highest BCUT2D eigenvalue weighted by Crippen LogP contribution is 2.56. The highest BCUT2D eigenvalue weighted by molar-refractivity contribution is 5.77. The molecule has 0 aromatic rings. The smallest absolute Gasteiger partial charge is 0.311 e. The molecule has 0 heterocycles. The van der Waals surface area contributed by atoms with E-state index in [4.69, 9.17) is 4.74 Å². The molecule has 0 amide bonds. The van der Waals surface area contributed by atoms with Gasteiger partial charge in [0.05, 0.1) is 12.5 Å². The Morgan fingerprint density at radius 2 is 1.94 bits per heavy atom. The molecular formula is C15H28O2. The summed E-state index contributed by atoms with van der Waals surface area (Å²) in [5.41, 5.74) is -0.0310.